The first-order valence-corrected chi connectivity index (χ1v) is 6.59. The highest BCUT2D eigenvalue weighted by atomic mass is 35.5. The predicted octanol–water partition coefficient (Wildman–Crippen LogP) is 3.11. The number of halogens is 4. The molecular weight excluding hydrogens is 305 g/mol. The van der Waals surface area contributed by atoms with Gasteiger partial charge >= 0.3 is 12.1 Å². The van der Waals surface area contributed by atoms with Gasteiger partial charge in [0, 0.05) is 6.04 Å². The van der Waals surface area contributed by atoms with Crippen molar-refractivity contribution in [3.05, 3.63) is 10.0 Å². The van der Waals surface area contributed by atoms with Crippen LogP contribution in [-0.2, 0) is 4.74 Å². The molecular formula is C10H10ClF3N2O2S. The van der Waals surface area contributed by atoms with E-state index in [2.05, 4.69) is 9.72 Å². The summed E-state index contributed by atoms with van der Waals surface area (Å²) < 4.78 is 42.1. The molecule has 0 radical (unpaired) electrons. The van der Waals surface area contributed by atoms with Gasteiger partial charge in [0.1, 0.15) is 6.54 Å². The number of esters is 1. The summed E-state index contributed by atoms with van der Waals surface area (Å²) in [6, 6.07) is -0.186. The summed E-state index contributed by atoms with van der Waals surface area (Å²) in [7, 11) is 1.17. The van der Waals surface area contributed by atoms with Crippen molar-refractivity contribution in [1.29, 1.82) is 0 Å². The first-order chi connectivity index (χ1) is 8.81. The van der Waals surface area contributed by atoms with Crippen LogP contribution in [0.1, 0.15) is 22.5 Å². The van der Waals surface area contributed by atoms with Crippen LogP contribution in [-0.4, -0.2) is 36.8 Å². The zero-order valence-electron chi connectivity index (χ0n) is 9.83. The quantitative estimate of drug-likeness (QED) is 0.801. The second-order valence-corrected chi connectivity index (χ2v) is 5.42. The first kappa shape index (κ1) is 14.4. The normalized spacial score (nSPS) is 15.4. The summed E-state index contributed by atoms with van der Waals surface area (Å²) in [5, 5.41) is -0.0232. The molecule has 0 atom stereocenters. The highest BCUT2D eigenvalue weighted by Gasteiger charge is 2.40. The minimum absolute atomic E-state index is 0.0204. The van der Waals surface area contributed by atoms with Gasteiger partial charge in [0.15, 0.2) is 15.2 Å². The van der Waals surface area contributed by atoms with Crippen LogP contribution in [0, 0.1) is 0 Å². The summed E-state index contributed by atoms with van der Waals surface area (Å²) in [5.74, 6) is -0.698. The van der Waals surface area contributed by atoms with Gasteiger partial charge in [-0.15, -0.1) is 0 Å². The number of carbonyl (C=O) groups excluding carboxylic acids is 1. The number of alkyl halides is 3. The molecule has 1 aromatic rings. The predicted molar refractivity (Wildman–Crippen MR) is 64.9 cm³/mol. The lowest BCUT2D eigenvalue weighted by molar-refractivity contribution is -0.120. The lowest BCUT2D eigenvalue weighted by Gasteiger charge is -2.22. The van der Waals surface area contributed by atoms with Crippen molar-refractivity contribution in [3.63, 3.8) is 0 Å². The molecule has 0 saturated heterocycles. The number of anilines is 1. The van der Waals surface area contributed by atoms with Crippen molar-refractivity contribution in [1.82, 2.24) is 4.98 Å². The Morgan fingerprint density at radius 3 is 2.68 bits per heavy atom. The number of aromatic nitrogens is 1. The minimum atomic E-state index is -4.33. The van der Waals surface area contributed by atoms with Crippen molar-refractivity contribution < 1.29 is 22.7 Å². The fraction of sp³-hybridized carbons (Fsp3) is 0.600. The maximum Gasteiger partial charge on any atom is 0.406 e. The molecule has 1 aliphatic carbocycles. The van der Waals surface area contributed by atoms with Crippen molar-refractivity contribution in [2.75, 3.05) is 18.6 Å². The van der Waals surface area contributed by atoms with Crippen LogP contribution in [0.4, 0.5) is 18.3 Å². The number of ether oxygens (including phenoxy) is 1. The van der Waals surface area contributed by atoms with Crippen LogP contribution < -0.4 is 4.90 Å². The molecule has 0 unspecified atom stereocenters. The third-order valence-corrected chi connectivity index (χ3v) is 3.99. The maximum atomic E-state index is 12.5. The first-order valence-electron chi connectivity index (χ1n) is 5.40. The molecule has 0 spiro atoms. The van der Waals surface area contributed by atoms with E-state index >= 15 is 0 Å². The van der Waals surface area contributed by atoms with Gasteiger partial charge in [0.05, 0.1) is 7.11 Å². The standard InChI is InChI=1S/C10H10ClF3N2O2S/c1-18-8(17)6-7(11)15-9(19-6)16(5-2-3-5)4-10(12,13)14/h5H,2-4H2,1H3. The highest BCUT2D eigenvalue weighted by molar-refractivity contribution is 7.18. The van der Waals surface area contributed by atoms with E-state index in [1.807, 2.05) is 0 Å². The van der Waals surface area contributed by atoms with Gasteiger partial charge in [0.2, 0.25) is 0 Å². The molecule has 0 aliphatic heterocycles. The lowest BCUT2D eigenvalue weighted by Crippen LogP contribution is -2.35. The lowest BCUT2D eigenvalue weighted by atomic mass is 10.5. The van der Waals surface area contributed by atoms with E-state index in [9.17, 15) is 18.0 Å². The van der Waals surface area contributed by atoms with Gasteiger partial charge < -0.3 is 9.64 Å². The molecule has 1 heterocycles. The molecule has 19 heavy (non-hydrogen) atoms. The average molecular weight is 315 g/mol. The largest absolute Gasteiger partial charge is 0.465 e. The Labute approximate surface area is 116 Å². The maximum absolute atomic E-state index is 12.5. The fourth-order valence-electron chi connectivity index (χ4n) is 1.56. The molecule has 0 N–H and O–H groups in total. The van der Waals surface area contributed by atoms with Gasteiger partial charge in [-0.1, -0.05) is 22.9 Å². The molecule has 0 amide bonds. The average Bonchev–Trinajstić information content (AvgIpc) is 3.07. The van der Waals surface area contributed by atoms with Crippen LogP contribution in [0.2, 0.25) is 5.15 Å². The smallest absolute Gasteiger partial charge is 0.406 e. The van der Waals surface area contributed by atoms with Crippen LogP contribution in [0.3, 0.4) is 0 Å². The van der Waals surface area contributed by atoms with Crippen molar-refractivity contribution in [2.45, 2.75) is 25.1 Å². The Morgan fingerprint density at radius 1 is 1.58 bits per heavy atom. The minimum Gasteiger partial charge on any atom is -0.465 e. The van der Waals surface area contributed by atoms with Crippen LogP contribution in [0.5, 0.6) is 0 Å². The fourth-order valence-corrected chi connectivity index (χ4v) is 2.83. The SMILES string of the molecule is COC(=O)c1sc(N(CC(F)(F)F)C2CC2)nc1Cl. The summed E-state index contributed by atoms with van der Waals surface area (Å²) in [6.07, 6.45) is -2.96. The van der Waals surface area contributed by atoms with Crippen molar-refractivity contribution in [2.24, 2.45) is 0 Å². The number of hydrogen-bond acceptors (Lipinski definition) is 5. The van der Waals surface area contributed by atoms with Gasteiger partial charge in [-0.3, -0.25) is 0 Å². The number of rotatable bonds is 4. The molecule has 4 nitrogen and oxygen atoms in total. The van der Waals surface area contributed by atoms with Crippen molar-refractivity contribution in [3.8, 4) is 0 Å². The van der Waals surface area contributed by atoms with E-state index in [4.69, 9.17) is 11.6 Å². The zero-order chi connectivity index (χ0) is 14.2. The van der Waals surface area contributed by atoms with E-state index in [1.54, 1.807) is 0 Å². The van der Waals surface area contributed by atoms with E-state index in [-0.39, 0.29) is 21.2 Å². The molecule has 0 aromatic carbocycles. The van der Waals surface area contributed by atoms with Crippen LogP contribution >= 0.6 is 22.9 Å². The number of thiazole rings is 1. The molecule has 1 aliphatic rings. The second kappa shape index (κ2) is 5.16. The van der Waals surface area contributed by atoms with Gasteiger partial charge in [-0.25, -0.2) is 9.78 Å². The molecule has 2 rings (SSSR count). The molecule has 1 fully saturated rings. The monoisotopic (exact) mass is 314 g/mol. The third kappa shape index (κ3) is 3.50. The number of methoxy groups -OCH3 is 1. The van der Waals surface area contributed by atoms with E-state index in [0.717, 1.165) is 16.2 Å². The van der Waals surface area contributed by atoms with Crippen LogP contribution in [0.15, 0.2) is 0 Å². The highest BCUT2D eigenvalue weighted by Crippen LogP contribution is 2.38. The summed E-state index contributed by atoms with van der Waals surface area (Å²) >= 11 is 6.57. The Bertz CT molecular complexity index is 488. The summed E-state index contributed by atoms with van der Waals surface area (Å²) in [4.78, 5) is 16.4. The Morgan fingerprint density at radius 2 is 2.21 bits per heavy atom. The number of hydrogen-bond donors (Lipinski definition) is 0. The summed E-state index contributed by atoms with van der Waals surface area (Å²) in [6.45, 7) is -1.10. The topological polar surface area (TPSA) is 42.4 Å². The Kier molecular flexibility index (Phi) is 3.91. The van der Waals surface area contributed by atoms with Crippen LogP contribution in [0.25, 0.3) is 0 Å². The van der Waals surface area contributed by atoms with Gasteiger partial charge in [-0.2, -0.15) is 13.2 Å². The number of carbonyl (C=O) groups is 1. The Hall–Kier alpha value is -1.02. The molecule has 9 heteroatoms. The molecule has 0 bridgehead atoms. The molecule has 106 valence electrons. The summed E-state index contributed by atoms with van der Waals surface area (Å²) in [5.41, 5.74) is 0. The second-order valence-electron chi connectivity index (χ2n) is 4.08. The zero-order valence-corrected chi connectivity index (χ0v) is 11.4. The van der Waals surface area contributed by atoms with E-state index in [1.165, 1.54) is 7.11 Å². The van der Waals surface area contributed by atoms with Gasteiger partial charge in [0.25, 0.3) is 0 Å². The molecule has 1 saturated carbocycles. The van der Waals surface area contributed by atoms with E-state index in [0.29, 0.717) is 12.8 Å². The van der Waals surface area contributed by atoms with Crippen molar-refractivity contribution >= 4 is 34.0 Å². The van der Waals surface area contributed by atoms with Gasteiger partial charge in [-0.05, 0) is 12.8 Å². The number of nitrogens with zero attached hydrogens (tertiary/aromatic N) is 2. The van der Waals surface area contributed by atoms with E-state index < -0.39 is 18.7 Å². The molecule has 1 aromatic heterocycles. The Balaban J connectivity index is 2.25. The third-order valence-electron chi connectivity index (χ3n) is 2.53.